The number of likely N-dealkylation sites (N-methyl/N-ethyl adjacent to an activating group) is 1. The topological polar surface area (TPSA) is 74.5 Å². The van der Waals surface area contributed by atoms with Crippen LogP contribution in [0.25, 0.3) is 0 Å². The summed E-state index contributed by atoms with van der Waals surface area (Å²) < 4.78 is 1.78. The van der Waals surface area contributed by atoms with Crippen molar-refractivity contribution in [3.05, 3.63) is 42.2 Å². The van der Waals surface area contributed by atoms with Crippen molar-refractivity contribution in [1.82, 2.24) is 24.6 Å². The average Bonchev–Trinajstić information content (AvgIpc) is 3.19. The van der Waals surface area contributed by atoms with Crippen LogP contribution in [0.1, 0.15) is 5.56 Å². The molecule has 8 heteroatoms. The first-order valence-electron chi connectivity index (χ1n) is 8.21. The van der Waals surface area contributed by atoms with E-state index in [1.165, 1.54) is 17.3 Å². The summed E-state index contributed by atoms with van der Waals surface area (Å²) in [6, 6.07) is 10.1. The van der Waals surface area contributed by atoms with Crippen LogP contribution in [0, 0.1) is 0 Å². The molecule has 0 unspecified atom stereocenters. The predicted molar refractivity (Wildman–Crippen MR) is 96.0 cm³/mol. The highest BCUT2D eigenvalue weighted by Crippen LogP contribution is 2.20. The minimum atomic E-state index is -0.530. The summed E-state index contributed by atoms with van der Waals surface area (Å²) in [5.41, 5.74) is 1.19. The Bertz CT molecular complexity index is 708. The SMILES string of the molecule is CN(Cc1ccccc1)[C@H]1CN(C(=O)CSc2nncn2C)C[C@@H]1O. The number of aliphatic hydroxyl groups is 1. The van der Waals surface area contributed by atoms with E-state index >= 15 is 0 Å². The molecule has 1 aliphatic rings. The highest BCUT2D eigenvalue weighted by Gasteiger charge is 2.36. The number of likely N-dealkylation sites (tertiary alicyclic amines) is 1. The van der Waals surface area contributed by atoms with Gasteiger partial charge < -0.3 is 14.6 Å². The summed E-state index contributed by atoms with van der Waals surface area (Å²) in [6.07, 6.45) is 1.08. The first-order valence-corrected chi connectivity index (χ1v) is 9.20. The largest absolute Gasteiger partial charge is 0.390 e. The second-order valence-corrected chi connectivity index (χ2v) is 7.29. The molecule has 2 atom stereocenters. The molecule has 7 nitrogen and oxygen atoms in total. The maximum atomic E-state index is 12.4. The number of aliphatic hydroxyl groups excluding tert-OH is 1. The number of nitrogens with zero attached hydrogens (tertiary/aromatic N) is 5. The molecule has 1 aliphatic heterocycles. The van der Waals surface area contributed by atoms with Crippen molar-refractivity contribution in [2.45, 2.75) is 23.8 Å². The maximum absolute atomic E-state index is 12.4. The Morgan fingerprint density at radius 1 is 1.36 bits per heavy atom. The molecule has 0 radical (unpaired) electrons. The smallest absolute Gasteiger partial charge is 0.233 e. The van der Waals surface area contributed by atoms with Gasteiger partial charge in [0.1, 0.15) is 6.33 Å². The molecule has 3 rings (SSSR count). The number of amides is 1. The van der Waals surface area contributed by atoms with Gasteiger partial charge in [-0.05, 0) is 12.6 Å². The lowest BCUT2D eigenvalue weighted by molar-refractivity contribution is -0.127. The molecule has 2 heterocycles. The minimum Gasteiger partial charge on any atom is -0.390 e. The molecule has 1 saturated heterocycles. The first-order chi connectivity index (χ1) is 12.0. The number of hydrogen-bond donors (Lipinski definition) is 1. The number of aryl methyl sites for hydroxylation is 1. The Kier molecular flexibility index (Phi) is 5.72. The van der Waals surface area contributed by atoms with Gasteiger partial charge in [-0.2, -0.15) is 0 Å². The highest BCUT2D eigenvalue weighted by molar-refractivity contribution is 7.99. The van der Waals surface area contributed by atoms with E-state index in [1.54, 1.807) is 15.8 Å². The lowest BCUT2D eigenvalue weighted by Gasteiger charge is -2.26. The van der Waals surface area contributed by atoms with Crippen molar-refractivity contribution in [1.29, 1.82) is 0 Å². The van der Waals surface area contributed by atoms with Crippen LogP contribution in [-0.4, -0.2) is 73.6 Å². The lowest BCUT2D eigenvalue weighted by atomic mass is 10.1. The number of rotatable bonds is 6. The molecule has 2 aromatic rings. The number of benzene rings is 1. The number of aromatic nitrogens is 3. The van der Waals surface area contributed by atoms with E-state index in [-0.39, 0.29) is 11.9 Å². The molecule has 134 valence electrons. The molecule has 0 bridgehead atoms. The summed E-state index contributed by atoms with van der Waals surface area (Å²) in [6.45, 7) is 1.67. The second kappa shape index (κ2) is 7.99. The van der Waals surface area contributed by atoms with Crippen LogP contribution in [0.15, 0.2) is 41.8 Å². The zero-order valence-corrected chi connectivity index (χ0v) is 15.3. The van der Waals surface area contributed by atoms with Crippen LogP contribution in [0.3, 0.4) is 0 Å². The van der Waals surface area contributed by atoms with Gasteiger partial charge in [-0.1, -0.05) is 42.1 Å². The molecule has 25 heavy (non-hydrogen) atoms. The number of carbonyl (C=O) groups is 1. The van der Waals surface area contributed by atoms with Gasteiger partial charge in [0, 0.05) is 26.7 Å². The lowest BCUT2D eigenvalue weighted by Crippen LogP contribution is -2.40. The van der Waals surface area contributed by atoms with Gasteiger partial charge in [0.05, 0.1) is 17.9 Å². The second-order valence-electron chi connectivity index (χ2n) is 6.35. The number of β-amino-alcohol motifs (C(OH)–C–C–N with tert-alkyl or cyclic N) is 1. The van der Waals surface area contributed by atoms with E-state index in [9.17, 15) is 9.90 Å². The fourth-order valence-corrected chi connectivity index (χ4v) is 3.81. The van der Waals surface area contributed by atoms with E-state index in [0.717, 1.165) is 6.54 Å². The summed E-state index contributed by atoms with van der Waals surface area (Å²) in [5.74, 6) is 0.316. The van der Waals surface area contributed by atoms with Crippen LogP contribution in [-0.2, 0) is 18.4 Å². The zero-order valence-electron chi connectivity index (χ0n) is 14.4. The average molecular weight is 361 g/mol. The van der Waals surface area contributed by atoms with Crippen molar-refractivity contribution < 1.29 is 9.90 Å². The third kappa shape index (κ3) is 4.39. The Balaban J connectivity index is 1.53. The van der Waals surface area contributed by atoms with Gasteiger partial charge in [0.2, 0.25) is 5.91 Å². The van der Waals surface area contributed by atoms with Crippen molar-refractivity contribution >= 4 is 17.7 Å². The maximum Gasteiger partial charge on any atom is 0.233 e. The van der Waals surface area contributed by atoms with Crippen LogP contribution < -0.4 is 0 Å². The highest BCUT2D eigenvalue weighted by atomic mass is 32.2. The van der Waals surface area contributed by atoms with Crippen molar-refractivity contribution in [2.75, 3.05) is 25.9 Å². The van der Waals surface area contributed by atoms with Gasteiger partial charge in [0.15, 0.2) is 5.16 Å². The summed E-state index contributed by atoms with van der Waals surface area (Å²) in [5, 5.41) is 18.9. The monoisotopic (exact) mass is 361 g/mol. The number of thioether (sulfide) groups is 1. The fraction of sp³-hybridized carbons (Fsp3) is 0.471. The molecule has 1 amide bonds. The Labute approximate surface area is 151 Å². The fourth-order valence-electron chi connectivity index (χ4n) is 3.02. The van der Waals surface area contributed by atoms with Gasteiger partial charge in [-0.25, -0.2) is 0 Å². The number of hydrogen-bond acceptors (Lipinski definition) is 6. The Morgan fingerprint density at radius 2 is 2.12 bits per heavy atom. The van der Waals surface area contributed by atoms with Gasteiger partial charge in [0.25, 0.3) is 0 Å². The van der Waals surface area contributed by atoms with Crippen LogP contribution in [0.2, 0.25) is 0 Å². The predicted octanol–water partition coefficient (Wildman–Crippen LogP) is 0.611. The van der Waals surface area contributed by atoms with E-state index < -0.39 is 6.10 Å². The standard InChI is InChI=1S/C17H23N5O2S/c1-20(8-13-6-4-3-5-7-13)14-9-22(10-15(14)23)16(24)11-25-17-19-18-12-21(17)2/h3-7,12,14-15,23H,8-11H2,1-2H3/t14-,15-/m0/s1. The van der Waals surface area contributed by atoms with Crippen molar-refractivity contribution in [2.24, 2.45) is 7.05 Å². The first kappa shape index (κ1) is 17.9. The molecule has 0 aliphatic carbocycles. The van der Waals surface area contributed by atoms with Crippen molar-refractivity contribution in [3.63, 3.8) is 0 Å². The van der Waals surface area contributed by atoms with Crippen LogP contribution in [0.4, 0.5) is 0 Å². The zero-order chi connectivity index (χ0) is 17.8. The van der Waals surface area contributed by atoms with E-state index in [0.29, 0.717) is 24.0 Å². The molecular weight excluding hydrogens is 338 g/mol. The summed E-state index contributed by atoms with van der Waals surface area (Å²) >= 11 is 1.37. The molecule has 1 aromatic carbocycles. The van der Waals surface area contributed by atoms with E-state index in [2.05, 4.69) is 27.2 Å². The molecule has 0 saturated carbocycles. The quantitative estimate of drug-likeness (QED) is 0.760. The molecule has 0 spiro atoms. The summed E-state index contributed by atoms with van der Waals surface area (Å²) in [4.78, 5) is 16.3. The third-order valence-corrected chi connectivity index (χ3v) is 5.47. The Hall–Kier alpha value is -1.90. The molecule has 1 N–H and O–H groups in total. The van der Waals surface area contributed by atoms with Gasteiger partial charge in [-0.15, -0.1) is 10.2 Å². The summed E-state index contributed by atoms with van der Waals surface area (Å²) in [7, 11) is 3.84. The minimum absolute atomic E-state index is 0.0164. The molecular formula is C17H23N5O2S. The van der Waals surface area contributed by atoms with Crippen molar-refractivity contribution in [3.8, 4) is 0 Å². The Morgan fingerprint density at radius 3 is 2.80 bits per heavy atom. The number of carbonyl (C=O) groups excluding carboxylic acids is 1. The molecule has 1 fully saturated rings. The van der Waals surface area contributed by atoms with Gasteiger partial charge >= 0.3 is 0 Å². The van der Waals surface area contributed by atoms with Crippen LogP contribution >= 0.6 is 11.8 Å². The van der Waals surface area contributed by atoms with E-state index in [1.807, 2.05) is 32.3 Å². The third-order valence-electron chi connectivity index (χ3n) is 4.45. The van der Waals surface area contributed by atoms with E-state index in [4.69, 9.17) is 0 Å². The molecule has 1 aromatic heterocycles. The van der Waals surface area contributed by atoms with Gasteiger partial charge in [-0.3, -0.25) is 9.69 Å². The van der Waals surface area contributed by atoms with Crippen LogP contribution in [0.5, 0.6) is 0 Å². The normalized spacial score (nSPS) is 20.4.